The lowest BCUT2D eigenvalue weighted by atomic mass is 9.93. The molecule has 1 aliphatic heterocycles. The first-order valence-electron chi connectivity index (χ1n) is 12.1. The van der Waals surface area contributed by atoms with E-state index in [1.807, 2.05) is 24.0 Å². The third-order valence-corrected chi connectivity index (χ3v) is 6.96. The maximum absolute atomic E-state index is 13.9. The standard InChI is InChI=1S/C25H27F2N7O/c1-14-25(30-20-10-15(26)2-7-19(20)28-14)21-11-23-31-22(33-9-8-16(27)13-33)12-24(34(23)32-21)29-17-3-5-18(35)6-4-17/h2,7,10-12,16-18,29,35H,3-6,8-9,13H2,1H3/t16-,17-,18+/m0/s1. The molecule has 4 aromatic rings. The third kappa shape index (κ3) is 4.27. The van der Waals surface area contributed by atoms with Gasteiger partial charge in [-0.2, -0.15) is 9.61 Å². The Balaban J connectivity index is 1.44. The van der Waals surface area contributed by atoms with Crippen LogP contribution in [-0.2, 0) is 0 Å². The molecule has 0 unspecified atom stereocenters. The van der Waals surface area contributed by atoms with Crippen LogP contribution in [0.15, 0.2) is 30.3 Å². The normalized spacial score (nSPS) is 22.9. The van der Waals surface area contributed by atoms with E-state index in [-0.39, 0.29) is 18.0 Å². The predicted molar refractivity (Wildman–Crippen MR) is 130 cm³/mol. The first kappa shape index (κ1) is 22.1. The first-order valence-corrected chi connectivity index (χ1v) is 12.1. The van der Waals surface area contributed by atoms with Crippen molar-refractivity contribution < 1.29 is 13.9 Å². The second-order valence-corrected chi connectivity index (χ2v) is 9.57. The zero-order valence-corrected chi connectivity index (χ0v) is 19.5. The minimum atomic E-state index is -0.861. The molecule has 4 heterocycles. The van der Waals surface area contributed by atoms with Gasteiger partial charge in [-0.3, -0.25) is 0 Å². The Morgan fingerprint density at radius 3 is 2.60 bits per heavy atom. The summed E-state index contributed by atoms with van der Waals surface area (Å²) in [5.74, 6) is 1.09. The van der Waals surface area contributed by atoms with E-state index in [4.69, 9.17) is 10.1 Å². The fourth-order valence-electron chi connectivity index (χ4n) is 5.06. The highest BCUT2D eigenvalue weighted by molar-refractivity contribution is 5.78. The average molecular weight is 480 g/mol. The number of hydrogen-bond donors (Lipinski definition) is 2. The SMILES string of the molecule is Cc1nc2ccc(F)cc2nc1-c1cc2nc(N3CC[C@H](F)C3)cc(N[C@H]3CC[C@@H](O)CC3)n2n1. The number of fused-ring (bicyclic) bond motifs is 2. The van der Waals surface area contributed by atoms with Gasteiger partial charge in [-0.25, -0.2) is 23.7 Å². The largest absolute Gasteiger partial charge is 0.393 e. The number of nitrogens with one attached hydrogen (secondary N) is 1. The molecule has 0 bridgehead atoms. The van der Waals surface area contributed by atoms with Crippen LogP contribution in [0.1, 0.15) is 37.8 Å². The topological polar surface area (TPSA) is 91.5 Å². The van der Waals surface area contributed by atoms with E-state index in [1.165, 1.54) is 12.1 Å². The van der Waals surface area contributed by atoms with Gasteiger partial charge in [-0.05, 0) is 51.2 Å². The van der Waals surface area contributed by atoms with Crippen LogP contribution < -0.4 is 10.2 Å². The molecule has 2 aliphatic rings. The van der Waals surface area contributed by atoms with E-state index in [0.717, 1.165) is 31.5 Å². The third-order valence-electron chi connectivity index (χ3n) is 6.96. The minimum Gasteiger partial charge on any atom is -0.393 e. The summed E-state index contributed by atoms with van der Waals surface area (Å²) in [5, 5.41) is 18.3. The maximum Gasteiger partial charge on any atom is 0.160 e. The predicted octanol–water partition coefficient (Wildman–Crippen LogP) is 4.05. The lowest BCUT2D eigenvalue weighted by molar-refractivity contribution is 0.126. The summed E-state index contributed by atoms with van der Waals surface area (Å²) in [4.78, 5) is 16.0. The van der Waals surface area contributed by atoms with Crippen LogP contribution in [0.4, 0.5) is 20.4 Å². The van der Waals surface area contributed by atoms with Gasteiger partial charge in [-0.15, -0.1) is 0 Å². The molecule has 10 heteroatoms. The molecule has 6 rings (SSSR count). The number of aliphatic hydroxyl groups is 1. The van der Waals surface area contributed by atoms with E-state index in [9.17, 15) is 13.9 Å². The number of benzene rings is 1. The highest BCUT2D eigenvalue weighted by atomic mass is 19.1. The highest BCUT2D eigenvalue weighted by Gasteiger charge is 2.26. The van der Waals surface area contributed by atoms with Crippen molar-refractivity contribution in [2.45, 2.75) is 57.3 Å². The van der Waals surface area contributed by atoms with Crippen LogP contribution in [0.5, 0.6) is 0 Å². The van der Waals surface area contributed by atoms with Crippen molar-refractivity contribution in [3.05, 3.63) is 41.8 Å². The molecule has 1 saturated carbocycles. The fourth-order valence-corrected chi connectivity index (χ4v) is 5.06. The maximum atomic E-state index is 13.9. The molecule has 2 fully saturated rings. The zero-order chi connectivity index (χ0) is 24.1. The summed E-state index contributed by atoms with van der Waals surface area (Å²) in [6.45, 7) is 2.79. The number of nitrogens with zero attached hydrogens (tertiary/aromatic N) is 6. The molecule has 0 amide bonds. The lowest BCUT2D eigenvalue weighted by Gasteiger charge is -2.27. The summed E-state index contributed by atoms with van der Waals surface area (Å²) < 4.78 is 29.5. The van der Waals surface area contributed by atoms with Gasteiger partial charge in [0, 0.05) is 30.8 Å². The quantitative estimate of drug-likeness (QED) is 0.456. The molecular weight excluding hydrogens is 452 g/mol. The molecule has 182 valence electrons. The first-order chi connectivity index (χ1) is 16.9. The molecular formula is C25H27F2N7O. The number of rotatable bonds is 4. The summed E-state index contributed by atoms with van der Waals surface area (Å²) in [7, 11) is 0. The summed E-state index contributed by atoms with van der Waals surface area (Å²) in [6, 6.07) is 8.30. The Morgan fingerprint density at radius 2 is 1.83 bits per heavy atom. The van der Waals surface area contributed by atoms with Gasteiger partial charge in [0.2, 0.25) is 0 Å². The molecule has 35 heavy (non-hydrogen) atoms. The molecule has 8 nitrogen and oxygen atoms in total. The summed E-state index contributed by atoms with van der Waals surface area (Å²) >= 11 is 0. The molecule has 1 atom stereocenters. The second kappa shape index (κ2) is 8.67. The lowest BCUT2D eigenvalue weighted by Crippen LogP contribution is -2.29. The van der Waals surface area contributed by atoms with Crippen molar-refractivity contribution in [2.24, 2.45) is 0 Å². The molecule has 3 aromatic heterocycles. The number of aromatic nitrogens is 5. The van der Waals surface area contributed by atoms with Gasteiger partial charge in [0.1, 0.15) is 35.0 Å². The molecule has 1 aliphatic carbocycles. The smallest absolute Gasteiger partial charge is 0.160 e. The molecule has 1 saturated heterocycles. The van der Waals surface area contributed by atoms with Gasteiger partial charge < -0.3 is 15.3 Å². The highest BCUT2D eigenvalue weighted by Crippen LogP contribution is 2.30. The van der Waals surface area contributed by atoms with E-state index in [1.54, 1.807) is 10.6 Å². The number of alkyl halides is 1. The van der Waals surface area contributed by atoms with Crippen molar-refractivity contribution >= 4 is 28.3 Å². The number of aryl methyl sites for hydroxylation is 1. The molecule has 0 spiro atoms. The van der Waals surface area contributed by atoms with Gasteiger partial charge in [0.25, 0.3) is 0 Å². The average Bonchev–Trinajstić information content (AvgIpc) is 3.47. The van der Waals surface area contributed by atoms with Crippen molar-refractivity contribution in [3.8, 4) is 11.4 Å². The Bertz CT molecular complexity index is 1400. The Labute approximate surface area is 201 Å². The number of hydrogen-bond acceptors (Lipinski definition) is 7. The van der Waals surface area contributed by atoms with Crippen LogP contribution in [-0.4, -0.2) is 61.1 Å². The van der Waals surface area contributed by atoms with Crippen molar-refractivity contribution in [1.29, 1.82) is 0 Å². The van der Waals surface area contributed by atoms with Gasteiger partial charge >= 0.3 is 0 Å². The van der Waals surface area contributed by atoms with Crippen LogP contribution >= 0.6 is 0 Å². The molecule has 1 aromatic carbocycles. The van der Waals surface area contributed by atoms with E-state index < -0.39 is 6.17 Å². The van der Waals surface area contributed by atoms with Crippen LogP contribution in [0.2, 0.25) is 0 Å². The number of anilines is 2. The minimum absolute atomic E-state index is 0.196. The van der Waals surface area contributed by atoms with Crippen LogP contribution in [0.25, 0.3) is 28.1 Å². The Hall–Kier alpha value is -3.40. The van der Waals surface area contributed by atoms with Crippen molar-refractivity contribution in [2.75, 3.05) is 23.3 Å². The second-order valence-electron chi connectivity index (χ2n) is 9.57. The van der Waals surface area contributed by atoms with Crippen molar-refractivity contribution in [3.63, 3.8) is 0 Å². The van der Waals surface area contributed by atoms with Gasteiger partial charge in [-0.1, -0.05) is 0 Å². The number of aliphatic hydroxyl groups excluding tert-OH is 1. The van der Waals surface area contributed by atoms with Crippen molar-refractivity contribution in [1.82, 2.24) is 24.6 Å². The molecule has 0 radical (unpaired) electrons. The Morgan fingerprint density at radius 1 is 1.00 bits per heavy atom. The van der Waals surface area contributed by atoms with Crippen LogP contribution in [0, 0.1) is 12.7 Å². The zero-order valence-electron chi connectivity index (χ0n) is 19.5. The van der Waals surface area contributed by atoms with E-state index in [0.29, 0.717) is 59.1 Å². The van der Waals surface area contributed by atoms with Crippen LogP contribution in [0.3, 0.4) is 0 Å². The monoisotopic (exact) mass is 479 g/mol. The summed E-state index contributed by atoms with van der Waals surface area (Å²) in [6.07, 6.45) is 2.59. The van der Waals surface area contributed by atoms with Gasteiger partial charge in [0.05, 0.1) is 29.4 Å². The molecule has 2 N–H and O–H groups in total. The fraction of sp³-hybridized carbons (Fsp3) is 0.440. The number of halogens is 2. The summed E-state index contributed by atoms with van der Waals surface area (Å²) in [5.41, 5.74) is 3.52. The Kier molecular flexibility index (Phi) is 5.47. The van der Waals surface area contributed by atoms with E-state index >= 15 is 0 Å². The van der Waals surface area contributed by atoms with E-state index in [2.05, 4.69) is 15.3 Å². The van der Waals surface area contributed by atoms with Gasteiger partial charge in [0.15, 0.2) is 5.65 Å².